The van der Waals surface area contributed by atoms with Crippen LogP contribution in [0.4, 0.5) is 10.3 Å². The molecule has 2 aliphatic rings. The highest BCUT2D eigenvalue weighted by molar-refractivity contribution is 5.70. The Bertz CT molecular complexity index is 833. The molecule has 9 nitrogen and oxygen atoms in total. The van der Waals surface area contributed by atoms with Gasteiger partial charge in [-0.2, -0.15) is 4.98 Å². The maximum atomic E-state index is 14.7. The van der Waals surface area contributed by atoms with Gasteiger partial charge in [-0.1, -0.05) is 6.92 Å². The van der Waals surface area contributed by atoms with Gasteiger partial charge in [-0.05, 0) is 6.42 Å². The van der Waals surface area contributed by atoms with Gasteiger partial charge in [0.15, 0.2) is 29.2 Å². The lowest BCUT2D eigenvalue weighted by Crippen LogP contribution is -2.33. The zero-order chi connectivity index (χ0) is 15.9. The summed E-state index contributed by atoms with van der Waals surface area (Å²) in [6, 6.07) is 0. The number of imidazole rings is 1. The van der Waals surface area contributed by atoms with E-state index in [1.165, 1.54) is 10.9 Å². The average molecular weight is 311 g/mol. The monoisotopic (exact) mass is 311 g/mol. The number of nitrogens with two attached hydrogens (primary N) is 1. The van der Waals surface area contributed by atoms with Crippen molar-refractivity contribution < 1.29 is 19.3 Å². The fourth-order valence-electron chi connectivity index (χ4n) is 3.42. The van der Waals surface area contributed by atoms with Crippen LogP contribution < -0.4 is 11.3 Å². The molecule has 0 radical (unpaired) electrons. The second-order valence-corrected chi connectivity index (χ2v) is 5.66. The van der Waals surface area contributed by atoms with Crippen molar-refractivity contribution in [3.63, 3.8) is 0 Å². The topological polar surface area (TPSA) is 139 Å². The number of fused-ring (bicyclic) bond motifs is 2. The van der Waals surface area contributed by atoms with Crippen molar-refractivity contribution in [2.45, 2.75) is 43.1 Å². The van der Waals surface area contributed by atoms with Crippen LogP contribution in [-0.4, -0.2) is 53.2 Å². The lowest BCUT2D eigenvalue weighted by atomic mass is 10.1. The number of nitrogens with zero attached hydrogens (tertiary/aromatic N) is 3. The first-order valence-corrected chi connectivity index (χ1v) is 6.81. The molecule has 4 rings (SSSR count). The van der Waals surface area contributed by atoms with E-state index >= 15 is 0 Å². The predicted octanol–water partition coefficient (Wildman–Crippen LogP) is -1.18. The van der Waals surface area contributed by atoms with Gasteiger partial charge in [0.1, 0.15) is 11.7 Å². The molecule has 1 saturated carbocycles. The summed E-state index contributed by atoms with van der Waals surface area (Å²) in [6.45, 7) is 1.68. The van der Waals surface area contributed by atoms with E-state index in [9.17, 15) is 19.4 Å². The molecular weight excluding hydrogens is 297 g/mol. The molecule has 1 aliphatic heterocycles. The van der Waals surface area contributed by atoms with Crippen LogP contribution in [0.15, 0.2) is 11.1 Å². The smallest absolute Gasteiger partial charge is 0.280 e. The third kappa shape index (κ3) is 1.26. The summed E-state index contributed by atoms with van der Waals surface area (Å²) < 4.78 is 21.4. The SMILES string of the molecule is CC[C@]12O[C@@H](n3cnc4c(=O)[nH]c(N)nc43)[C@H](F)[C@@]1(O)C2O. The van der Waals surface area contributed by atoms with Gasteiger partial charge in [0, 0.05) is 0 Å². The molecule has 2 fully saturated rings. The van der Waals surface area contributed by atoms with E-state index in [0.29, 0.717) is 0 Å². The first kappa shape index (κ1) is 13.6. The number of anilines is 1. The number of aliphatic hydroxyl groups is 2. The van der Waals surface area contributed by atoms with Gasteiger partial charge < -0.3 is 20.7 Å². The van der Waals surface area contributed by atoms with Crippen LogP contribution in [0.5, 0.6) is 0 Å². The third-order valence-corrected chi connectivity index (χ3v) is 4.71. The number of aromatic nitrogens is 4. The summed E-state index contributed by atoms with van der Waals surface area (Å²) in [5, 5.41) is 20.1. The maximum Gasteiger partial charge on any atom is 0.280 e. The quantitative estimate of drug-likeness (QED) is 0.547. The summed E-state index contributed by atoms with van der Waals surface area (Å²) in [5.41, 5.74) is 1.67. The van der Waals surface area contributed by atoms with E-state index < -0.39 is 35.3 Å². The van der Waals surface area contributed by atoms with Gasteiger partial charge in [0.05, 0.1) is 6.33 Å². The third-order valence-electron chi connectivity index (χ3n) is 4.71. The maximum absolute atomic E-state index is 14.7. The second kappa shape index (κ2) is 3.83. The standard InChI is InChI=1S/C12H14FN5O4/c1-2-11-9(20)12(11,21)5(13)8(22-11)18-3-15-4-6(18)16-10(14)17-7(4)19/h3,5,8-9,20-21H,2H2,1H3,(H3,14,16,17,19)/t5-,8+,9?,11+,12+/m0/s1. The minimum Gasteiger partial charge on any atom is -0.387 e. The molecule has 5 atom stereocenters. The number of aromatic amines is 1. The summed E-state index contributed by atoms with van der Waals surface area (Å²) in [6.07, 6.45) is -2.97. The van der Waals surface area contributed by atoms with Gasteiger partial charge >= 0.3 is 0 Å². The van der Waals surface area contributed by atoms with Crippen molar-refractivity contribution in [1.82, 2.24) is 19.5 Å². The predicted molar refractivity (Wildman–Crippen MR) is 71.6 cm³/mol. The molecule has 1 saturated heterocycles. The van der Waals surface area contributed by atoms with E-state index in [2.05, 4.69) is 15.0 Å². The van der Waals surface area contributed by atoms with E-state index in [4.69, 9.17) is 10.5 Å². The number of alkyl halides is 1. The van der Waals surface area contributed by atoms with Gasteiger partial charge in [-0.15, -0.1) is 0 Å². The molecule has 2 aromatic rings. The molecule has 0 spiro atoms. The highest BCUT2D eigenvalue weighted by Crippen LogP contribution is 2.65. The molecule has 1 unspecified atom stereocenters. The Kier molecular flexibility index (Phi) is 2.37. The number of halogens is 1. The van der Waals surface area contributed by atoms with Crippen LogP contribution >= 0.6 is 0 Å². The highest BCUT2D eigenvalue weighted by Gasteiger charge is 2.87. The van der Waals surface area contributed by atoms with Gasteiger partial charge in [0.2, 0.25) is 5.95 Å². The van der Waals surface area contributed by atoms with Crippen molar-refractivity contribution in [3.8, 4) is 0 Å². The Hall–Kier alpha value is -2.04. The number of rotatable bonds is 2. The minimum atomic E-state index is -1.96. The fraction of sp³-hybridized carbons (Fsp3) is 0.583. The van der Waals surface area contributed by atoms with E-state index in [0.717, 1.165) is 0 Å². The lowest BCUT2D eigenvalue weighted by Gasteiger charge is -2.21. The Morgan fingerprint density at radius 2 is 2.36 bits per heavy atom. The normalized spacial score (nSPS) is 40.1. The number of hydrogen-bond acceptors (Lipinski definition) is 7. The van der Waals surface area contributed by atoms with Gasteiger partial charge in [0.25, 0.3) is 5.56 Å². The Morgan fingerprint density at radius 3 is 3.00 bits per heavy atom. The Labute approximate surface area is 122 Å². The zero-order valence-corrected chi connectivity index (χ0v) is 11.5. The minimum absolute atomic E-state index is 0.0105. The van der Waals surface area contributed by atoms with Crippen LogP contribution in [0.2, 0.25) is 0 Å². The van der Waals surface area contributed by atoms with Gasteiger partial charge in [-0.3, -0.25) is 14.3 Å². The van der Waals surface area contributed by atoms with Crippen molar-refractivity contribution >= 4 is 17.1 Å². The molecule has 0 bridgehead atoms. The zero-order valence-electron chi connectivity index (χ0n) is 11.5. The van der Waals surface area contributed by atoms with Crippen LogP contribution in [0.25, 0.3) is 11.2 Å². The summed E-state index contributed by atoms with van der Waals surface area (Å²) in [7, 11) is 0. The van der Waals surface area contributed by atoms with Crippen LogP contribution in [0.3, 0.4) is 0 Å². The molecule has 0 aromatic carbocycles. The van der Waals surface area contributed by atoms with Crippen molar-refractivity contribution in [3.05, 3.63) is 16.7 Å². The molecule has 3 heterocycles. The van der Waals surface area contributed by atoms with Crippen LogP contribution in [-0.2, 0) is 4.74 Å². The number of nitrogens with one attached hydrogen (secondary N) is 1. The molecular formula is C12H14FN5O4. The van der Waals surface area contributed by atoms with E-state index in [1.54, 1.807) is 6.92 Å². The van der Waals surface area contributed by atoms with Crippen molar-refractivity contribution in [2.75, 3.05) is 5.73 Å². The fourth-order valence-corrected chi connectivity index (χ4v) is 3.42. The van der Waals surface area contributed by atoms with Crippen molar-refractivity contribution in [1.29, 1.82) is 0 Å². The number of H-pyrrole nitrogens is 1. The van der Waals surface area contributed by atoms with Crippen molar-refractivity contribution in [2.24, 2.45) is 0 Å². The van der Waals surface area contributed by atoms with E-state index in [1.807, 2.05) is 0 Å². The van der Waals surface area contributed by atoms with Gasteiger partial charge in [-0.25, -0.2) is 9.37 Å². The number of nitrogen functional groups attached to an aromatic ring is 1. The van der Waals surface area contributed by atoms with Crippen LogP contribution in [0, 0.1) is 0 Å². The number of ether oxygens (including phenoxy) is 1. The second-order valence-electron chi connectivity index (χ2n) is 5.66. The number of aliphatic hydroxyl groups excluding tert-OH is 1. The van der Waals surface area contributed by atoms with Crippen LogP contribution in [0.1, 0.15) is 19.6 Å². The molecule has 10 heteroatoms. The highest BCUT2D eigenvalue weighted by atomic mass is 19.1. The first-order chi connectivity index (χ1) is 10.4. The molecule has 5 N–H and O–H groups in total. The first-order valence-electron chi connectivity index (χ1n) is 6.81. The largest absolute Gasteiger partial charge is 0.387 e. The number of hydrogen-bond donors (Lipinski definition) is 4. The van der Waals surface area contributed by atoms with E-state index in [-0.39, 0.29) is 23.5 Å². The molecule has 118 valence electrons. The summed E-state index contributed by atoms with van der Waals surface area (Å²) in [5.74, 6) is -0.137. The molecule has 2 aromatic heterocycles. The Morgan fingerprint density at radius 1 is 1.64 bits per heavy atom. The lowest BCUT2D eigenvalue weighted by molar-refractivity contribution is -0.0906. The average Bonchev–Trinajstić information content (AvgIpc) is 2.81. The summed E-state index contributed by atoms with van der Waals surface area (Å²) in [4.78, 5) is 21.8. The molecule has 22 heavy (non-hydrogen) atoms. The molecule has 1 aliphatic carbocycles. The molecule has 0 amide bonds. The summed E-state index contributed by atoms with van der Waals surface area (Å²) >= 11 is 0. The Balaban J connectivity index is 1.84.